The van der Waals surface area contributed by atoms with E-state index in [9.17, 15) is 54.6 Å². The van der Waals surface area contributed by atoms with Gasteiger partial charge in [-0.1, -0.05) is 12.1 Å². The number of nitrogens with two attached hydrogens (primary N) is 4. The summed E-state index contributed by atoms with van der Waals surface area (Å²) in [5.74, 6) is -6.78. The van der Waals surface area contributed by atoms with Gasteiger partial charge in [-0.05, 0) is 53.8 Å². The van der Waals surface area contributed by atoms with E-state index in [-0.39, 0.29) is 55.2 Å². The van der Waals surface area contributed by atoms with Gasteiger partial charge in [-0.15, -0.1) is 0 Å². The monoisotopic (exact) mass is 731 g/mol. The van der Waals surface area contributed by atoms with E-state index < -0.39 is 90.8 Å². The number of carboxylic acid groups (broad SMARTS) is 1. The summed E-state index contributed by atoms with van der Waals surface area (Å²) in [4.78, 5) is 69.5. The van der Waals surface area contributed by atoms with Crippen LogP contribution in [0.1, 0.15) is 36.5 Å². The van der Waals surface area contributed by atoms with E-state index in [2.05, 4.69) is 26.3 Å². The van der Waals surface area contributed by atoms with Gasteiger partial charge in [0.1, 0.15) is 41.8 Å². The Hall–Kier alpha value is -5.54. The second-order valence-electron chi connectivity index (χ2n) is 12.1. The molecule has 1 aliphatic rings. The number of amides is 4. The molecule has 0 aromatic heterocycles. The molecule has 0 radical (unpaired) electrons. The van der Waals surface area contributed by atoms with Crippen molar-refractivity contribution in [2.24, 2.45) is 27.9 Å². The Morgan fingerprint density at radius 3 is 2.23 bits per heavy atom. The molecule has 1 heterocycles. The van der Waals surface area contributed by atoms with Crippen LogP contribution >= 0.6 is 0 Å². The van der Waals surface area contributed by atoms with Crippen LogP contribution in [-0.2, 0) is 30.4 Å². The number of hydrogen-bond acceptors (Lipinski definition) is 13. The number of carboxylic acids is 1. The van der Waals surface area contributed by atoms with E-state index in [0.717, 1.165) is 0 Å². The van der Waals surface area contributed by atoms with Gasteiger partial charge in [-0.25, -0.2) is 4.79 Å². The SMILES string of the molecule is NC[C@H](O)CC1NC(=O)[C@@H](N)Cc2cc(ccc2O)-c2ccc(O)c(c2)[C@@H](O)[C@@H](C(=O)N[C@@H](CCCN=C(N)N)C(=O)N[C@@H](CO)C(=O)O)NC1=O. The highest BCUT2D eigenvalue weighted by Gasteiger charge is 2.37. The number of carbonyl (C=O) groups is 5. The van der Waals surface area contributed by atoms with Crippen molar-refractivity contribution in [3.8, 4) is 22.6 Å². The lowest BCUT2D eigenvalue weighted by atomic mass is 9.94. The second-order valence-corrected chi connectivity index (χ2v) is 12.1. The van der Waals surface area contributed by atoms with Crippen molar-refractivity contribution in [3.63, 3.8) is 0 Å². The first-order valence-electron chi connectivity index (χ1n) is 16.1. The quantitative estimate of drug-likeness (QED) is 0.0524. The first-order valence-corrected chi connectivity index (χ1v) is 16.1. The average Bonchev–Trinajstić information content (AvgIpc) is 3.10. The summed E-state index contributed by atoms with van der Waals surface area (Å²) < 4.78 is 0. The summed E-state index contributed by atoms with van der Waals surface area (Å²) in [6, 6.07) is 0.179. The molecule has 3 rings (SSSR count). The fourth-order valence-corrected chi connectivity index (χ4v) is 5.32. The minimum absolute atomic E-state index is 0.0141. The van der Waals surface area contributed by atoms with Gasteiger partial charge in [-0.3, -0.25) is 24.2 Å². The highest BCUT2D eigenvalue weighted by atomic mass is 16.4. The van der Waals surface area contributed by atoms with Gasteiger partial charge in [0.15, 0.2) is 5.96 Å². The lowest BCUT2D eigenvalue weighted by Gasteiger charge is -2.29. The van der Waals surface area contributed by atoms with Crippen LogP contribution in [0.2, 0.25) is 0 Å². The largest absolute Gasteiger partial charge is 0.508 e. The number of guanidine groups is 1. The van der Waals surface area contributed by atoms with Crippen molar-refractivity contribution < 1.29 is 54.6 Å². The molecule has 20 nitrogen and oxygen atoms in total. The number of carbonyl (C=O) groups excluding carboxylic acids is 4. The fraction of sp³-hybridized carbons (Fsp3) is 0.438. The van der Waals surface area contributed by atoms with Crippen LogP contribution in [-0.4, -0.2) is 122 Å². The molecule has 0 fully saturated rings. The average molecular weight is 732 g/mol. The third-order valence-electron chi connectivity index (χ3n) is 8.22. The van der Waals surface area contributed by atoms with Crippen LogP contribution in [0.5, 0.6) is 11.5 Å². The summed E-state index contributed by atoms with van der Waals surface area (Å²) in [5.41, 5.74) is 23.2. The zero-order valence-corrected chi connectivity index (χ0v) is 27.9. The number of phenolic OH excluding ortho intramolecular Hbond substituents is 2. The number of aliphatic imine (C=N–C) groups is 1. The number of nitrogens with zero attached hydrogens (tertiary/aromatic N) is 1. The van der Waals surface area contributed by atoms with E-state index in [1.54, 1.807) is 0 Å². The molecule has 0 spiro atoms. The predicted octanol–water partition coefficient (Wildman–Crippen LogP) is -4.54. The highest BCUT2D eigenvalue weighted by molar-refractivity contribution is 5.96. The third-order valence-corrected chi connectivity index (χ3v) is 8.22. The Morgan fingerprint density at radius 1 is 0.962 bits per heavy atom. The molecule has 2 aromatic carbocycles. The van der Waals surface area contributed by atoms with E-state index in [1.165, 1.54) is 36.4 Å². The molecular weight excluding hydrogens is 686 g/mol. The van der Waals surface area contributed by atoms with E-state index >= 15 is 0 Å². The minimum Gasteiger partial charge on any atom is -0.508 e. The van der Waals surface area contributed by atoms with Gasteiger partial charge in [0.2, 0.25) is 23.6 Å². The molecule has 0 saturated heterocycles. The molecule has 1 unspecified atom stereocenters. The van der Waals surface area contributed by atoms with E-state index in [4.69, 9.17) is 22.9 Å². The highest BCUT2D eigenvalue weighted by Crippen LogP contribution is 2.34. The molecule has 20 heteroatoms. The van der Waals surface area contributed by atoms with Gasteiger partial charge in [0.25, 0.3) is 0 Å². The summed E-state index contributed by atoms with van der Waals surface area (Å²) in [6.45, 7) is -1.34. The van der Waals surface area contributed by atoms with Gasteiger partial charge in [0, 0.05) is 31.5 Å². The molecular formula is C32H45N9O11. The summed E-state index contributed by atoms with van der Waals surface area (Å²) >= 11 is 0. The molecule has 284 valence electrons. The smallest absolute Gasteiger partial charge is 0.328 e. The van der Waals surface area contributed by atoms with Crippen molar-refractivity contribution >= 4 is 35.6 Å². The zero-order valence-electron chi connectivity index (χ0n) is 27.9. The van der Waals surface area contributed by atoms with Crippen LogP contribution in [0.4, 0.5) is 0 Å². The van der Waals surface area contributed by atoms with E-state index in [1.807, 2.05) is 0 Å². The first-order chi connectivity index (χ1) is 24.6. The second kappa shape index (κ2) is 18.6. The third kappa shape index (κ3) is 11.0. The van der Waals surface area contributed by atoms with Crippen molar-refractivity contribution in [1.29, 1.82) is 0 Å². The van der Waals surface area contributed by atoms with Crippen LogP contribution in [0, 0.1) is 0 Å². The fourth-order valence-electron chi connectivity index (χ4n) is 5.32. The molecule has 4 bridgehead atoms. The Labute approximate surface area is 297 Å². The predicted molar refractivity (Wildman–Crippen MR) is 184 cm³/mol. The number of fused-ring (bicyclic) bond motifs is 5. The molecule has 18 N–H and O–H groups in total. The summed E-state index contributed by atoms with van der Waals surface area (Å²) in [6.07, 6.45) is -4.18. The number of benzene rings is 2. The number of aliphatic hydroxyl groups is 3. The minimum atomic E-state index is -2.04. The summed E-state index contributed by atoms with van der Waals surface area (Å²) in [5, 5.41) is 71.3. The van der Waals surface area contributed by atoms with Crippen molar-refractivity contribution in [1.82, 2.24) is 21.3 Å². The maximum absolute atomic E-state index is 14.0. The molecule has 2 aromatic rings. The van der Waals surface area contributed by atoms with Gasteiger partial charge < -0.3 is 74.8 Å². The van der Waals surface area contributed by atoms with Gasteiger partial charge in [0.05, 0.1) is 18.8 Å². The summed E-state index contributed by atoms with van der Waals surface area (Å²) in [7, 11) is 0. The lowest BCUT2D eigenvalue weighted by Crippen LogP contribution is -2.60. The Bertz CT molecular complexity index is 1650. The first kappa shape index (κ1) is 40.9. The number of aromatic hydroxyl groups is 2. The van der Waals surface area contributed by atoms with Crippen LogP contribution < -0.4 is 44.2 Å². The lowest BCUT2D eigenvalue weighted by molar-refractivity contribution is -0.143. The van der Waals surface area contributed by atoms with Crippen molar-refractivity contribution in [2.45, 2.75) is 68.1 Å². The number of aliphatic hydroxyl groups excluding tert-OH is 3. The molecule has 0 aliphatic carbocycles. The number of rotatable bonds is 13. The molecule has 0 saturated carbocycles. The Balaban J connectivity index is 2.13. The normalized spacial score (nSPS) is 20.8. The number of phenols is 2. The molecule has 52 heavy (non-hydrogen) atoms. The van der Waals surface area contributed by atoms with Crippen LogP contribution in [0.15, 0.2) is 41.4 Å². The molecule has 4 amide bonds. The zero-order chi connectivity index (χ0) is 38.7. The molecule has 7 atom stereocenters. The maximum atomic E-state index is 14.0. The van der Waals surface area contributed by atoms with Crippen LogP contribution in [0.25, 0.3) is 11.1 Å². The Kier molecular flexibility index (Phi) is 14.6. The number of nitrogens with one attached hydrogen (secondary N) is 4. The standard InChI is InChI=1S/C32H45N9O11/c33-12-17(43)11-21-29(49)41-25(30(50)38-20(2-1-7-37-32(35)36)28(48)40-22(13-42)31(51)52)26(46)18-9-15(4-6-24(18)45)14-3-5-23(44)16(8-14)10-19(34)27(47)39-21/h3-6,8-9,17,19-22,25-26,42-46H,1-2,7,10-13,33-34H2,(H,38,50)(H,39,47)(H,40,48)(H,41,49)(H,51,52)(H4,35,36,37)/t17-,19+,20+,21?,22+,25+,26-/m1/s1. The number of aliphatic carboxylic acids is 1. The van der Waals surface area contributed by atoms with Crippen molar-refractivity contribution in [3.05, 3.63) is 47.5 Å². The van der Waals surface area contributed by atoms with Crippen LogP contribution in [0.3, 0.4) is 0 Å². The van der Waals surface area contributed by atoms with E-state index in [0.29, 0.717) is 11.1 Å². The Morgan fingerprint density at radius 2 is 1.62 bits per heavy atom. The van der Waals surface area contributed by atoms with Crippen molar-refractivity contribution in [2.75, 3.05) is 19.7 Å². The number of hydrogen-bond donors (Lipinski definition) is 14. The maximum Gasteiger partial charge on any atom is 0.328 e. The van der Waals surface area contributed by atoms with Gasteiger partial charge in [-0.2, -0.15) is 0 Å². The topological polar surface area (TPSA) is 371 Å². The molecule has 1 aliphatic heterocycles. The van der Waals surface area contributed by atoms with Gasteiger partial charge >= 0.3 is 5.97 Å².